The smallest absolute Gasteiger partial charge is 0.0897 e. The maximum absolute atomic E-state index is 9.13. The highest BCUT2D eigenvalue weighted by Crippen LogP contribution is 2.13. The van der Waals surface area contributed by atoms with Gasteiger partial charge in [0.1, 0.15) is 0 Å². The standard InChI is InChI=1S/C9H21NO2/c1-9(2,3)7-10(4)5-8(12)6-11/h8,11-12H,5-7H2,1-4H3. The maximum Gasteiger partial charge on any atom is 0.0897 e. The molecule has 0 aromatic carbocycles. The first-order valence-corrected chi connectivity index (χ1v) is 4.32. The Hall–Kier alpha value is -0.120. The van der Waals surface area contributed by atoms with Gasteiger partial charge in [-0.25, -0.2) is 0 Å². The fraction of sp³-hybridized carbons (Fsp3) is 1.00. The first-order chi connectivity index (χ1) is 5.35. The molecule has 3 nitrogen and oxygen atoms in total. The highest BCUT2D eigenvalue weighted by atomic mass is 16.3. The Morgan fingerprint density at radius 3 is 2.17 bits per heavy atom. The van der Waals surface area contributed by atoms with Gasteiger partial charge in [-0.1, -0.05) is 20.8 Å². The van der Waals surface area contributed by atoms with Crippen LogP contribution in [-0.2, 0) is 0 Å². The van der Waals surface area contributed by atoms with Crippen molar-refractivity contribution in [1.82, 2.24) is 4.90 Å². The van der Waals surface area contributed by atoms with E-state index in [4.69, 9.17) is 10.2 Å². The molecule has 0 aromatic heterocycles. The van der Waals surface area contributed by atoms with Gasteiger partial charge in [0.05, 0.1) is 12.7 Å². The van der Waals surface area contributed by atoms with Gasteiger partial charge in [-0.15, -0.1) is 0 Å². The molecule has 0 fully saturated rings. The molecule has 74 valence electrons. The largest absolute Gasteiger partial charge is 0.394 e. The summed E-state index contributed by atoms with van der Waals surface area (Å²) in [6.45, 7) is 7.74. The lowest BCUT2D eigenvalue weighted by atomic mass is 9.96. The maximum atomic E-state index is 9.13. The number of hydrogen-bond donors (Lipinski definition) is 2. The van der Waals surface area contributed by atoms with Crippen LogP contribution in [0.3, 0.4) is 0 Å². The summed E-state index contributed by atoms with van der Waals surface area (Å²) >= 11 is 0. The number of likely N-dealkylation sites (N-methyl/N-ethyl adjacent to an activating group) is 1. The Balaban J connectivity index is 3.66. The average molecular weight is 175 g/mol. The van der Waals surface area contributed by atoms with Crippen LogP contribution in [0, 0.1) is 5.41 Å². The molecule has 0 aromatic rings. The lowest BCUT2D eigenvalue weighted by Gasteiger charge is -2.27. The molecule has 0 aliphatic rings. The van der Waals surface area contributed by atoms with E-state index in [1.54, 1.807) is 0 Å². The second kappa shape index (κ2) is 4.80. The van der Waals surface area contributed by atoms with Crippen molar-refractivity contribution in [3.63, 3.8) is 0 Å². The monoisotopic (exact) mass is 175 g/mol. The number of aliphatic hydroxyl groups is 2. The van der Waals surface area contributed by atoms with Gasteiger partial charge in [0.15, 0.2) is 0 Å². The van der Waals surface area contributed by atoms with Gasteiger partial charge in [0.25, 0.3) is 0 Å². The van der Waals surface area contributed by atoms with E-state index in [1.807, 2.05) is 11.9 Å². The van der Waals surface area contributed by atoms with Crippen LogP contribution in [0.15, 0.2) is 0 Å². The Morgan fingerprint density at radius 1 is 1.33 bits per heavy atom. The Kier molecular flexibility index (Phi) is 4.75. The van der Waals surface area contributed by atoms with Gasteiger partial charge in [0, 0.05) is 13.1 Å². The number of aliphatic hydroxyl groups excluding tert-OH is 2. The molecule has 2 N–H and O–H groups in total. The fourth-order valence-electron chi connectivity index (χ4n) is 1.29. The zero-order valence-corrected chi connectivity index (χ0v) is 8.54. The minimum atomic E-state index is -0.614. The van der Waals surface area contributed by atoms with E-state index in [0.717, 1.165) is 6.54 Å². The predicted molar refractivity (Wildman–Crippen MR) is 50.0 cm³/mol. The van der Waals surface area contributed by atoms with Gasteiger partial charge < -0.3 is 15.1 Å². The highest BCUT2D eigenvalue weighted by Gasteiger charge is 2.15. The van der Waals surface area contributed by atoms with Crippen molar-refractivity contribution in [3.05, 3.63) is 0 Å². The normalized spacial score (nSPS) is 15.2. The van der Waals surface area contributed by atoms with Crippen molar-refractivity contribution < 1.29 is 10.2 Å². The third kappa shape index (κ3) is 6.58. The molecule has 0 aliphatic carbocycles. The molecule has 0 heterocycles. The van der Waals surface area contributed by atoms with Gasteiger partial charge >= 0.3 is 0 Å². The quantitative estimate of drug-likeness (QED) is 0.646. The second-order valence-electron chi connectivity index (χ2n) is 4.59. The summed E-state index contributed by atoms with van der Waals surface area (Å²) in [6.07, 6.45) is -0.614. The summed E-state index contributed by atoms with van der Waals surface area (Å²) in [5.74, 6) is 0. The molecule has 1 unspecified atom stereocenters. The summed E-state index contributed by atoms with van der Waals surface area (Å²) in [5.41, 5.74) is 0.240. The summed E-state index contributed by atoms with van der Waals surface area (Å²) in [6, 6.07) is 0. The van der Waals surface area contributed by atoms with Gasteiger partial charge in [0.2, 0.25) is 0 Å². The zero-order valence-electron chi connectivity index (χ0n) is 8.54. The van der Waals surface area contributed by atoms with Crippen molar-refractivity contribution >= 4 is 0 Å². The van der Waals surface area contributed by atoms with Crippen LogP contribution >= 0.6 is 0 Å². The van der Waals surface area contributed by atoms with Crippen molar-refractivity contribution in [1.29, 1.82) is 0 Å². The SMILES string of the molecule is CN(CC(O)CO)CC(C)(C)C. The van der Waals surface area contributed by atoms with Crippen LogP contribution in [0.4, 0.5) is 0 Å². The number of hydrogen-bond acceptors (Lipinski definition) is 3. The molecule has 0 saturated carbocycles. The summed E-state index contributed by atoms with van der Waals surface area (Å²) < 4.78 is 0. The first-order valence-electron chi connectivity index (χ1n) is 4.32. The predicted octanol–water partition coefficient (Wildman–Crippen LogP) is 0.317. The molecule has 0 bridgehead atoms. The molecule has 12 heavy (non-hydrogen) atoms. The molecule has 3 heteroatoms. The third-order valence-electron chi connectivity index (χ3n) is 1.48. The van der Waals surface area contributed by atoms with Crippen molar-refractivity contribution in [2.24, 2.45) is 5.41 Å². The Morgan fingerprint density at radius 2 is 1.83 bits per heavy atom. The topological polar surface area (TPSA) is 43.7 Å². The fourth-order valence-corrected chi connectivity index (χ4v) is 1.29. The first kappa shape index (κ1) is 11.9. The number of nitrogens with zero attached hydrogens (tertiary/aromatic N) is 1. The van der Waals surface area contributed by atoms with E-state index in [2.05, 4.69) is 20.8 Å². The molecule has 1 atom stereocenters. The van der Waals surface area contributed by atoms with E-state index in [1.165, 1.54) is 0 Å². The summed E-state index contributed by atoms with van der Waals surface area (Å²) in [4.78, 5) is 2.03. The van der Waals surface area contributed by atoms with E-state index in [-0.39, 0.29) is 12.0 Å². The van der Waals surface area contributed by atoms with Gasteiger partial charge in [-0.05, 0) is 12.5 Å². The van der Waals surface area contributed by atoms with Crippen LogP contribution in [0.5, 0.6) is 0 Å². The Bertz CT molecular complexity index is 120. The van der Waals surface area contributed by atoms with Gasteiger partial charge in [-0.3, -0.25) is 0 Å². The molecular weight excluding hydrogens is 154 g/mol. The summed E-state index contributed by atoms with van der Waals surface area (Å²) in [7, 11) is 1.95. The molecule has 0 amide bonds. The second-order valence-corrected chi connectivity index (χ2v) is 4.59. The highest BCUT2D eigenvalue weighted by molar-refractivity contribution is 4.68. The molecule has 0 saturated heterocycles. The van der Waals surface area contributed by atoms with Crippen LogP contribution in [0.25, 0.3) is 0 Å². The third-order valence-corrected chi connectivity index (χ3v) is 1.48. The van der Waals surface area contributed by atoms with Crippen LogP contribution in [0.1, 0.15) is 20.8 Å². The minimum Gasteiger partial charge on any atom is -0.394 e. The molecule has 0 spiro atoms. The Labute approximate surface area is 75.0 Å². The number of rotatable bonds is 4. The van der Waals surface area contributed by atoms with Crippen LogP contribution in [-0.4, -0.2) is 48.0 Å². The van der Waals surface area contributed by atoms with E-state index < -0.39 is 6.10 Å². The van der Waals surface area contributed by atoms with Crippen LogP contribution < -0.4 is 0 Å². The zero-order chi connectivity index (χ0) is 9.78. The van der Waals surface area contributed by atoms with Crippen molar-refractivity contribution in [2.45, 2.75) is 26.9 Å². The summed E-state index contributed by atoms with van der Waals surface area (Å²) in [5, 5.41) is 17.7. The van der Waals surface area contributed by atoms with Crippen molar-refractivity contribution in [3.8, 4) is 0 Å². The molecule has 0 radical (unpaired) electrons. The molecule has 0 rings (SSSR count). The van der Waals surface area contributed by atoms with Crippen LogP contribution in [0.2, 0.25) is 0 Å². The molecule has 0 aliphatic heterocycles. The van der Waals surface area contributed by atoms with E-state index in [9.17, 15) is 0 Å². The lowest BCUT2D eigenvalue weighted by Crippen LogP contribution is -2.36. The molecular formula is C9H21NO2. The van der Waals surface area contributed by atoms with Gasteiger partial charge in [-0.2, -0.15) is 0 Å². The van der Waals surface area contributed by atoms with E-state index in [0.29, 0.717) is 6.54 Å². The minimum absolute atomic E-state index is 0.158. The van der Waals surface area contributed by atoms with E-state index >= 15 is 0 Å². The average Bonchev–Trinajstić information content (AvgIpc) is 1.82. The lowest BCUT2D eigenvalue weighted by molar-refractivity contribution is 0.0580. The van der Waals surface area contributed by atoms with Crippen molar-refractivity contribution in [2.75, 3.05) is 26.7 Å².